The summed E-state index contributed by atoms with van der Waals surface area (Å²) in [4.78, 5) is 0. The van der Waals surface area contributed by atoms with Gasteiger partial charge in [0.1, 0.15) is 0 Å². The summed E-state index contributed by atoms with van der Waals surface area (Å²) in [5, 5.41) is 3.74. The maximum Gasteiger partial charge on any atom is 0.0164 e. The Hall–Kier alpha value is -0.470. The normalized spacial score (nSPS) is 18.7. The SMILES string of the molecule is CCCNC(CSCCC)CC1Cc2ccccc21. The molecule has 1 aromatic carbocycles. The molecule has 0 saturated heterocycles. The number of fused-ring (bicyclic) bond motifs is 1. The molecule has 2 rings (SSSR count). The Morgan fingerprint density at radius 3 is 2.84 bits per heavy atom. The minimum absolute atomic E-state index is 0.690. The summed E-state index contributed by atoms with van der Waals surface area (Å²) in [6.07, 6.45) is 5.13. The van der Waals surface area contributed by atoms with Gasteiger partial charge in [-0.25, -0.2) is 0 Å². The molecule has 0 amide bonds. The number of benzene rings is 1. The molecule has 2 unspecified atom stereocenters. The van der Waals surface area contributed by atoms with Crippen LogP contribution in [0.1, 0.15) is 50.2 Å². The van der Waals surface area contributed by atoms with Crippen molar-refractivity contribution in [2.45, 2.75) is 51.5 Å². The monoisotopic (exact) mass is 277 g/mol. The highest BCUT2D eigenvalue weighted by atomic mass is 32.2. The van der Waals surface area contributed by atoms with E-state index in [1.165, 1.54) is 37.2 Å². The van der Waals surface area contributed by atoms with Crippen molar-refractivity contribution in [3.8, 4) is 0 Å². The van der Waals surface area contributed by atoms with Crippen molar-refractivity contribution in [3.63, 3.8) is 0 Å². The van der Waals surface area contributed by atoms with E-state index in [9.17, 15) is 0 Å². The minimum atomic E-state index is 0.690. The summed E-state index contributed by atoms with van der Waals surface area (Å²) in [5.74, 6) is 3.37. The molecule has 0 heterocycles. The summed E-state index contributed by atoms with van der Waals surface area (Å²) in [6, 6.07) is 9.64. The zero-order chi connectivity index (χ0) is 13.5. The number of thioether (sulfide) groups is 1. The van der Waals surface area contributed by atoms with Crippen molar-refractivity contribution in [3.05, 3.63) is 35.4 Å². The van der Waals surface area contributed by atoms with E-state index in [-0.39, 0.29) is 0 Å². The molecule has 1 aliphatic carbocycles. The molecular weight excluding hydrogens is 250 g/mol. The average molecular weight is 277 g/mol. The lowest BCUT2D eigenvalue weighted by Crippen LogP contribution is -2.35. The summed E-state index contributed by atoms with van der Waals surface area (Å²) >= 11 is 2.11. The number of hydrogen-bond acceptors (Lipinski definition) is 2. The molecule has 1 aromatic rings. The zero-order valence-corrected chi connectivity index (χ0v) is 13.1. The molecule has 0 saturated carbocycles. The summed E-state index contributed by atoms with van der Waals surface area (Å²) in [6.45, 7) is 5.68. The first-order valence-electron chi connectivity index (χ1n) is 7.74. The van der Waals surface area contributed by atoms with E-state index < -0.39 is 0 Å². The first-order valence-corrected chi connectivity index (χ1v) is 8.89. The second-order valence-corrected chi connectivity index (χ2v) is 6.71. The average Bonchev–Trinajstić information content (AvgIpc) is 2.41. The largest absolute Gasteiger partial charge is 0.313 e. The molecule has 0 fully saturated rings. The van der Waals surface area contributed by atoms with E-state index in [1.54, 1.807) is 11.1 Å². The maximum absolute atomic E-state index is 3.74. The molecule has 0 spiro atoms. The third-order valence-corrected chi connectivity index (χ3v) is 5.22. The summed E-state index contributed by atoms with van der Waals surface area (Å²) < 4.78 is 0. The Bertz CT molecular complexity index is 377. The summed E-state index contributed by atoms with van der Waals surface area (Å²) in [5.41, 5.74) is 3.18. The van der Waals surface area contributed by atoms with Gasteiger partial charge in [-0.3, -0.25) is 0 Å². The summed E-state index contributed by atoms with van der Waals surface area (Å²) in [7, 11) is 0. The molecular formula is C17H27NS. The smallest absolute Gasteiger partial charge is 0.0164 e. The van der Waals surface area contributed by atoms with Crippen LogP contribution < -0.4 is 5.32 Å². The minimum Gasteiger partial charge on any atom is -0.313 e. The molecule has 1 nitrogen and oxygen atoms in total. The van der Waals surface area contributed by atoms with Crippen LogP contribution in [0.3, 0.4) is 0 Å². The van der Waals surface area contributed by atoms with E-state index in [0.29, 0.717) is 6.04 Å². The van der Waals surface area contributed by atoms with Gasteiger partial charge in [0.05, 0.1) is 0 Å². The molecule has 2 heteroatoms. The van der Waals surface area contributed by atoms with E-state index in [2.05, 4.69) is 55.2 Å². The molecule has 2 atom stereocenters. The third-order valence-electron chi connectivity index (χ3n) is 3.88. The van der Waals surface area contributed by atoms with Crippen molar-refractivity contribution in [1.29, 1.82) is 0 Å². The van der Waals surface area contributed by atoms with Crippen LogP contribution in [0.15, 0.2) is 24.3 Å². The highest BCUT2D eigenvalue weighted by molar-refractivity contribution is 7.99. The van der Waals surface area contributed by atoms with Gasteiger partial charge in [-0.15, -0.1) is 0 Å². The Labute approximate surface area is 122 Å². The van der Waals surface area contributed by atoms with E-state index in [0.717, 1.165) is 12.5 Å². The Morgan fingerprint density at radius 2 is 2.11 bits per heavy atom. The standard InChI is InChI=1S/C17H27NS/c1-3-9-18-16(13-19-10-4-2)12-15-11-14-7-5-6-8-17(14)15/h5-8,15-16,18H,3-4,9-13H2,1-2H3. The molecule has 106 valence electrons. The fraction of sp³-hybridized carbons (Fsp3) is 0.647. The molecule has 0 bridgehead atoms. The van der Waals surface area contributed by atoms with Crippen LogP contribution >= 0.6 is 11.8 Å². The van der Waals surface area contributed by atoms with Crippen molar-refractivity contribution in [2.24, 2.45) is 0 Å². The molecule has 0 aliphatic heterocycles. The van der Waals surface area contributed by atoms with E-state index in [1.807, 2.05) is 0 Å². The van der Waals surface area contributed by atoms with Gasteiger partial charge in [0.25, 0.3) is 0 Å². The molecule has 0 aromatic heterocycles. The fourth-order valence-electron chi connectivity index (χ4n) is 2.85. The molecule has 1 aliphatic rings. The second kappa shape index (κ2) is 7.96. The predicted molar refractivity (Wildman–Crippen MR) is 87.2 cm³/mol. The van der Waals surface area contributed by atoms with Gasteiger partial charge in [-0.1, -0.05) is 38.1 Å². The number of nitrogens with one attached hydrogen (secondary N) is 1. The van der Waals surface area contributed by atoms with Crippen LogP contribution in [0.2, 0.25) is 0 Å². The van der Waals surface area contributed by atoms with Crippen LogP contribution in [0.25, 0.3) is 0 Å². The van der Waals surface area contributed by atoms with Crippen molar-refractivity contribution < 1.29 is 0 Å². The van der Waals surface area contributed by atoms with Crippen molar-refractivity contribution in [2.75, 3.05) is 18.1 Å². The van der Waals surface area contributed by atoms with Gasteiger partial charge in [-0.2, -0.15) is 11.8 Å². The van der Waals surface area contributed by atoms with Crippen LogP contribution in [-0.2, 0) is 6.42 Å². The van der Waals surface area contributed by atoms with Gasteiger partial charge < -0.3 is 5.32 Å². The lowest BCUT2D eigenvalue weighted by Gasteiger charge is -2.33. The Morgan fingerprint density at radius 1 is 1.26 bits per heavy atom. The quantitative estimate of drug-likeness (QED) is 0.678. The maximum atomic E-state index is 3.74. The van der Waals surface area contributed by atoms with Gasteiger partial charge in [0.2, 0.25) is 0 Å². The first kappa shape index (κ1) is 14.9. The molecule has 1 N–H and O–H groups in total. The highest BCUT2D eigenvalue weighted by Crippen LogP contribution is 2.38. The lowest BCUT2D eigenvalue weighted by molar-refractivity contribution is 0.444. The van der Waals surface area contributed by atoms with Gasteiger partial charge in [-0.05, 0) is 55.0 Å². The molecule has 19 heavy (non-hydrogen) atoms. The van der Waals surface area contributed by atoms with Crippen LogP contribution in [0.5, 0.6) is 0 Å². The van der Waals surface area contributed by atoms with Crippen LogP contribution in [0.4, 0.5) is 0 Å². The van der Waals surface area contributed by atoms with Gasteiger partial charge >= 0.3 is 0 Å². The fourth-order valence-corrected chi connectivity index (χ4v) is 3.84. The van der Waals surface area contributed by atoms with Gasteiger partial charge in [0.15, 0.2) is 0 Å². The highest BCUT2D eigenvalue weighted by Gasteiger charge is 2.27. The van der Waals surface area contributed by atoms with Crippen molar-refractivity contribution in [1.82, 2.24) is 5.32 Å². The van der Waals surface area contributed by atoms with E-state index >= 15 is 0 Å². The second-order valence-electron chi connectivity index (χ2n) is 5.56. The number of rotatable bonds is 9. The van der Waals surface area contributed by atoms with Gasteiger partial charge in [0, 0.05) is 11.8 Å². The first-order chi connectivity index (χ1) is 9.35. The Balaban J connectivity index is 1.82. The predicted octanol–water partition coefficient (Wildman–Crippen LogP) is 4.23. The number of hydrogen-bond donors (Lipinski definition) is 1. The molecule has 0 radical (unpaired) electrons. The lowest BCUT2D eigenvalue weighted by atomic mass is 9.74. The topological polar surface area (TPSA) is 12.0 Å². The Kier molecular flexibility index (Phi) is 6.25. The van der Waals surface area contributed by atoms with E-state index in [4.69, 9.17) is 0 Å². The third kappa shape index (κ3) is 4.25. The van der Waals surface area contributed by atoms with Crippen LogP contribution in [0, 0.1) is 0 Å². The van der Waals surface area contributed by atoms with Crippen LogP contribution in [-0.4, -0.2) is 24.1 Å². The van der Waals surface area contributed by atoms with Crippen molar-refractivity contribution >= 4 is 11.8 Å². The zero-order valence-electron chi connectivity index (χ0n) is 12.3.